The summed E-state index contributed by atoms with van der Waals surface area (Å²) >= 11 is -2.29. The largest absolute Gasteiger partial charge is 0.497 e. The van der Waals surface area contributed by atoms with Gasteiger partial charge in [-0.15, -0.1) is 0 Å². The molecule has 0 aliphatic carbocycles. The molecule has 0 aliphatic heterocycles. The van der Waals surface area contributed by atoms with Gasteiger partial charge in [0, 0.05) is 5.56 Å². The summed E-state index contributed by atoms with van der Waals surface area (Å²) < 4.78 is 65.5. The maximum absolute atomic E-state index is 13.2. The number of hydrogen-bond donors (Lipinski definition) is 0. The minimum atomic E-state index is -4.82. The van der Waals surface area contributed by atoms with Gasteiger partial charge in [0.2, 0.25) is 0 Å². The number of methoxy groups -OCH3 is 1. The molecule has 2 rings (SSSR count). The zero-order valence-electron chi connectivity index (χ0n) is 13.2. The Morgan fingerprint density at radius 3 is 2.12 bits per heavy atom. The average Bonchev–Trinajstić information content (AvgIpc) is 2.62. The quantitative estimate of drug-likeness (QED) is 0.414. The van der Waals surface area contributed by atoms with Gasteiger partial charge in [0.1, 0.15) is 11.5 Å². The number of ether oxygens (including phenoxy) is 2. The van der Waals surface area contributed by atoms with Crippen LogP contribution in [0.3, 0.4) is 0 Å². The highest BCUT2D eigenvalue weighted by Gasteiger charge is 2.38. The normalized spacial score (nSPS) is 13.0. The second-order valence-electron chi connectivity index (χ2n) is 4.66. The van der Waals surface area contributed by atoms with E-state index in [1.807, 2.05) is 0 Å². The van der Waals surface area contributed by atoms with Gasteiger partial charge in [-0.2, -0.15) is 13.2 Å². The maximum Gasteiger partial charge on any atom is 0.437 e. The van der Waals surface area contributed by atoms with Crippen LogP contribution in [0.15, 0.2) is 58.6 Å². The van der Waals surface area contributed by atoms with Crippen molar-refractivity contribution in [1.82, 2.24) is 0 Å². The van der Waals surface area contributed by atoms with Crippen molar-refractivity contribution in [2.75, 3.05) is 7.11 Å². The Bertz CT molecular complexity index is 804. The number of oxime groups is 1. The molecule has 0 radical (unpaired) electrons. The molecular formula is C16H12F3NO5S. The Hall–Kier alpha value is -2.88. The fourth-order valence-corrected chi connectivity index (χ4v) is 2.40. The second-order valence-corrected chi connectivity index (χ2v) is 5.75. The molecule has 0 fully saturated rings. The van der Waals surface area contributed by atoms with Gasteiger partial charge in [0.15, 0.2) is 5.71 Å². The molecule has 138 valence electrons. The molecule has 1 unspecified atom stereocenters. The van der Waals surface area contributed by atoms with E-state index in [1.54, 1.807) is 0 Å². The highest BCUT2D eigenvalue weighted by molar-refractivity contribution is 7.80. The van der Waals surface area contributed by atoms with Crippen LogP contribution < -0.4 is 9.47 Å². The summed E-state index contributed by atoms with van der Waals surface area (Å²) in [5.74, 6) is 0.552. The Kier molecular flexibility index (Phi) is 6.34. The molecule has 0 aromatic heterocycles. The van der Waals surface area contributed by atoms with E-state index in [0.29, 0.717) is 5.75 Å². The Morgan fingerprint density at radius 2 is 1.62 bits per heavy atom. The van der Waals surface area contributed by atoms with Crippen LogP contribution in [0.5, 0.6) is 11.5 Å². The highest BCUT2D eigenvalue weighted by Crippen LogP contribution is 2.25. The second kappa shape index (κ2) is 8.48. The summed E-state index contributed by atoms with van der Waals surface area (Å²) in [6, 6.07) is 10.1. The molecule has 0 saturated carbocycles. The van der Waals surface area contributed by atoms with Crippen molar-refractivity contribution in [3.8, 4) is 11.5 Å². The summed E-state index contributed by atoms with van der Waals surface area (Å²) in [5.41, 5.74) is -1.61. The number of alkyl halides is 3. The lowest BCUT2D eigenvalue weighted by atomic mass is 10.1. The van der Waals surface area contributed by atoms with E-state index in [0.717, 1.165) is 12.1 Å². The van der Waals surface area contributed by atoms with Crippen LogP contribution in [0.1, 0.15) is 5.56 Å². The first-order valence-electron chi connectivity index (χ1n) is 6.94. The summed E-state index contributed by atoms with van der Waals surface area (Å²) in [7, 11) is 1.38. The van der Waals surface area contributed by atoms with Crippen molar-refractivity contribution in [2.45, 2.75) is 11.1 Å². The number of nitrogens with zero attached hydrogens (tertiary/aromatic N) is 1. The molecule has 0 heterocycles. The van der Waals surface area contributed by atoms with E-state index >= 15 is 0 Å². The molecule has 1 atom stereocenters. The molecule has 6 nitrogen and oxygen atoms in total. The fraction of sp³-hybridized carbons (Fsp3) is 0.125. The lowest BCUT2D eigenvalue weighted by molar-refractivity contribution is -0.120. The van der Waals surface area contributed by atoms with Gasteiger partial charge in [0.25, 0.3) is 17.6 Å². The number of benzene rings is 2. The first-order chi connectivity index (χ1) is 12.3. The zero-order chi connectivity index (χ0) is 19.2. The predicted molar refractivity (Wildman–Crippen MR) is 86.2 cm³/mol. The molecule has 26 heavy (non-hydrogen) atoms. The van der Waals surface area contributed by atoms with Gasteiger partial charge in [-0.25, -0.2) is 4.21 Å². The summed E-state index contributed by atoms with van der Waals surface area (Å²) in [5, 5.41) is 3.02. The summed E-state index contributed by atoms with van der Waals surface area (Å²) in [4.78, 5) is 10.2. The topological polar surface area (TPSA) is 74.2 Å². The molecule has 0 spiro atoms. The van der Waals surface area contributed by atoms with Crippen LogP contribution in [-0.2, 0) is 20.2 Å². The van der Waals surface area contributed by atoms with Crippen LogP contribution in [0.25, 0.3) is 0 Å². The van der Waals surface area contributed by atoms with Crippen molar-refractivity contribution in [2.24, 2.45) is 5.16 Å². The lowest BCUT2D eigenvalue weighted by Crippen LogP contribution is -2.24. The number of carbonyl (C=O) groups is 1. The van der Waals surface area contributed by atoms with Crippen LogP contribution in [-0.4, -0.2) is 29.7 Å². The number of rotatable bonds is 7. The van der Waals surface area contributed by atoms with E-state index in [4.69, 9.17) is 4.74 Å². The lowest BCUT2D eigenvalue weighted by Gasteiger charge is -2.10. The number of carbonyl (C=O) groups excluding carboxylic acids is 1. The van der Waals surface area contributed by atoms with Crippen LogP contribution in [0.4, 0.5) is 13.2 Å². The molecule has 0 saturated heterocycles. The zero-order valence-corrected chi connectivity index (χ0v) is 14.0. The molecule has 0 amide bonds. The molecular weight excluding hydrogens is 375 g/mol. The van der Waals surface area contributed by atoms with E-state index in [1.165, 1.54) is 43.5 Å². The number of halogens is 3. The third-order valence-electron chi connectivity index (χ3n) is 3.03. The molecule has 0 aliphatic rings. The predicted octanol–water partition coefficient (Wildman–Crippen LogP) is 3.24. The molecule has 2 aromatic rings. The van der Waals surface area contributed by atoms with Crippen molar-refractivity contribution < 1.29 is 35.9 Å². The average molecular weight is 387 g/mol. The summed E-state index contributed by atoms with van der Waals surface area (Å²) in [6.45, 7) is 0.206. The van der Waals surface area contributed by atoms with Gasteiger partial charge in [-0.3, -0.25) is 9.08 Å². The molecule has 2 aromatic carbocycles. The van der Waals surface area contributed by atoms with Crippen LogP contribution in [0.2, 0.25) is 0 Å². The first kappa shape index (κ1) is 19.4. The van der Waals surface area contributed by atoms with Gasteiger partial charge in [-0.05, 0) is 48.5 Å². The number of hydrogen-bond acceptors (Lipinski definition) is 6. The van der Waals surface area contributed by atoms with Crippen molar-refractivity contribution in [3.05, 3.63) is 54.1 Å². The molecule has 0 N–H and O–H groups in total. The minimum Gasteiger partial charge on any atom is -0.497 e. The Balaban J connectivity index is 2.21. The third kappa shape index (κ3) is 5.06. The van der Waals surface area contributed by atoms with E-state index < -0.39 is 23.0 Å². The smallest absolute Gasteiger partial charge is 0.437 e. The van der Waals surface area contributed by atoms with Crippen molar-refractivity contribution in [3.63, 3.8) is 0 Å². The standard InChI is InChI=1S/C16H12F3NO5S/c1-23-12-4-2-11(3-5-12)15(16(17,18)19)20-25-26(22)14-8-6-13(7-9-14)24-10-21/h2-10H,1H3/b20-15-. The molecule has 10 heteroatoms. The Morgan fingerprint density at radius 1 is 1.04 bits per heavy atom. The minimum absolute atomic E-state index is 0.0447. The van der Waals surface area contributed by atoms with Crippen LogP contribution in [0, 0.1) is 0 Å². The van der Waals surface area contributed by atoms with Crippen LogP contribution >= 0.6 is 0 Å². The van der Waals surface area contributed by atoms with Crippen molar-refractivity contribution in [1.29, 1.82) is 0 Å². The monoisotopic (exact) mass is 387 g/mol. The maximum atomic E-state index is 13.2. The fourth-order valence-electron chi connectivity index (χ4n) is 1.82. The SMILES string of the molecule is COc1ccc(/C(=N/OS(=O)c2ccc(OC=O)cc2)C(F)(F)F)cc1. The van der Waals surface area contributed by atoms with E-state index in [2.05, 4.69) is 14.2 Å². The first-order valence-corrected chi connectivity index (χ1v) is 8.02. The third-order valence-corrected chi connectivity index (χ3v) is 3.90. The molecule has 0 bridgehead atoms. The van der Waals surface area contributed by atoms with Crippen molar-refractivity contribution >= 4 is 23.3 Å². The Labute approximate surface area is 148 Å². The van der Waals surface area contributed by atoms with E-state index in [9.17, 15) is 22.2 Å². The summed E-state index contributed by atoms with van der Waals surface area (Å²) in [6.07, 6.45) is -4.82. The van der Waals surface area contributed by atoms with Gasteiger partial charge in [0.05, 0.1) is 12.0 Å². The van der Waals surface area contributed by atoms with Gasteiger partial charge >= 0.3 is 6.18 Å². The highest BCUT2D eigenvalue weighted by atomic mass is 32.2. The van der Waals surface area contributed by atoms with Gasteiger partial charge in [-0.1, -0.05) is 5.16 Å². The van der Waals surface area contributed by atoms with E-state index in [-0.39, 0.29) is 22.7 Å². The van der Waals surface area contributed by atoms with Gasteiger partial charge < -0.3 is 9.47 Å².